The Labute approximate surface area is 231 Å². The molecule has 0 N–H and O–H groups in total. The van der Waals surface area contributed by atoms with Gasteiger partial charge < -0.3 is 14.2 Å². The first-order valence-electron chi connectivity index (χ1n) is 13.7. The van der Waals surface area contributed by atoms with Crippen molar-refractivity contribution >= 4 is 15.8 Å². The molecule has 7 heteroatoms. The van der Waals surface area contributed by atoms with E-state index in [1.807, 2.05) is 37.3 Å². The summed E-state index contributed by atoms with van der Waals surface area (Å²) < 4.78 is 39.9. The summed E-state index contributed by atoms with van der Waals surface area (Å²) in [7, 11) is -2.98. The van der Waals surface area contributed by atoms with E-state index in [0.717, 1.165) is 47.5 Å². The van der Waals surface area contributed by atoms with E-state index in [-0.39, 0.29) is 23.6 Å². The molecule has 3 aromatic carbocycles. The van der Waals surface area contributed by atoms with Crippen LogP contribution < -0.4 is 9.47 Å². The number of carbonyl (C=O) groups excluding carboxylic acids is 1. The quantitative estimate of drug-likeness (QED) is 0.222. The number of carbonyl (C=O) groups is 1. The van der Waals surface area contributed by atoms with Gasteiger partial charge in [0.1, 0.15) is 27.9 Å². The summed E-state index contributed by atoms with van der Waals surface area (Å²) in [6, 6.07) is 18.8. The Morgan fingerprint density at radius 2 is 1.72 bits per heavy atom. The second-order valence-electron chi connectivity index (χ2n) is 10.7. The molecule has 0 heterocycles. The summed E-state index contributed by atoms with van der Waals surface area (Å²) in [6.07, 6.45) is 4.51. The fraction of sp³-hybridized carbons (Fsp3) is 0.406. The highest BCUT2D eigenvalue weighted by atomic mass is 32.2. The Hall–Kier alpha value is -3.32. The van der Waals surface area contributed by atoms with E-state index >= 15 is 0 Å². The van der Waals surface area contributed by atoms with Crippen molar-refractivity contribution in [2.75, 3.05) is 25.2 Å². The van der Waals surface area contributed by atoms with Gasteiger partial charge in [0, 0.05) is 6.26 Å². The van der Waals surface area contributed by atoms with Crippen molar-refractivity contribution < 1.29 is 27.4 Å². The number of aryl methyl sites for hydroxylation is 3. The highest BCUT2D eigenvalue weighted by molar-refractivity contribution is 7.90. The van der Waals surface area contributed by atoms with Crippen LogP contribution in [-0.4, -0.2) is 39.6 Å². The molecule has 0 unspecified atom stereocenters. The third kappa shape index (κ3) is 6.64. The Kier molecular flexibility index (Phi) is 7.98. The van der Waals surface area contributed by atoms with Crippen molar-refractivity contribution in [2.45, 2.75) is 52.1 Å². The molecule has 39 heavy (non-hydrogen) atoms. The lowest BCUT2D eigenvalue weighted by Crippen LogP contribution is -2.10. The summed E-state index contributed by atoms with van der Waals surface area (Å²) in [6.45, 7) is 5.22. The Balaban J connectivity index is 1.23. The zero-order chi connectivity index (χ0) is 27.6. The van der Waals surface area contributed by atoms with Crippen LogP contribution in [-0.2, 0) is 38.8 Å². The predicted octanol–water partition coefficient (Wildman–Crippen LogP) is 5.82. The minimum absolute atomic E-state index is 0.0129. The Bertz CT molecular complexity index is 1460. The van der Waals surface area contributed by atoms with Gasteiger partial charge in [-0.05, 0) is 115 Å². The van der Waals surface area contributed by atoms with Gasteiger partial charge in [0.2, 0.25) is 0 Å². The molecule has 0 spiro atoms. The van der Waals surface area contributed by atoms with Crippen molar-refractivity contribution in [2.24, 2.45) is 5.92 Å². The van der Waals surface area contributed by atoms with Gasteiger partial charge in [-0.1, -0.05) is 24.3 Å². The third-order valence-corrected chi connectivity index (χ3v) is 8.55. The lowest BCUT2D eigenvalue weighted by molar-refractivity contribution is -0.144. The summed E-state index contributed by atoms with van der Waals surface area (Å²) in [5, 5.41) is 0. The molecule has 5 rings (SSSR count). The van der Waals surface area contributed by atoms with E-state index < -0.39 is 9.84 Å². The molecule has 6 nitrogen and oxygen atoms in total. The van der Waals surface area contributed by atoms with Gasteiger partial charge >= 0.3 is 5.97 Å². The zero-order valence-corrected chi connectivity index (χ0v) is 23.7. The van der Waals surface area contributed by atoms with Crippen molar-refractivity contribution in [3.8, 4) is 22.6 Å². The topological polar surface area (TPSA) is 78.9 Å². The van der Waals surface area contributed by atoms with Crippen molar-refractivity contribution in [1.29, 1.82) is 0 Å². The van der Waals surface area contributed by atoms with Crippen LogP contribution in [0.5, 0.6) is 11.5 Å². The molecule has 0 aromatic heterocycles. The number of benzene rings is 3. The van der Waals surface area contributed by atoms with Crippen LogP contribution in [0.1, 0.15) is 53.5 Å². The Morgan fingerprint density at radius 3 is 2.46 bits per heavy atom. The van der Waals surface area contributed by atoms with Gasteiger partial charge in [-0.2, -0.15) is 0 Å². The molecule has 2 aliphatic carbocycles. The van der Waals surface area contributed by atoms with E-state index in [1.54, 1.807) is 0 Å². The minimum Gasteiger partial charge on any atom is -0.494 e. The number of sulfone groups is 1. The fourth-order valence-corrected chi connectivity index (χ4v) is 6.13. The van der Waals surface area contributed by atoms with Crippen LogP contribution in [0.15, 0.2) is 54.6 Å². The normalized spacial score (nSPS) is 17.6. The van der Waals surface area contributed by atoms with Crippen molar-refractivity contribution in [3.63, 3.8) is 0 Å². The molecule has 0 bridgehead atoms. The first-order chi connectivity index (χ1) is 18.7. The van der Waals surface area contributed by atoms with Crippen LogP contribution >= 0.6 is 0 Å². The molecule has 1 fully saturated rings. The van der Waals surface area contributed by atoms with E-state index in [4.69, 9.17) is 14.2 Å². The van der Waals surface area contributed by atoms with Gasteiger partial charge in [0.15, 0.2) is 0 Å². The smallest absolute Gasteiger partial charge is 0.309 e. The van der Waals surface area contributed by atoms with Gasteiger partial charge in [-0.25, -0.2) is 8.42 Å². The summed E-state index contributed by atoms with van der Waals surface area (Å²) in [4.78, 5) is 11.9. The van der Waals surface area contributed by atoms with Gasteiger partial charge in [-0.3, -0.25) is 4.79 Å². The molecule has 0 radical (unpaired) electrons. The molecule has 2 atom stereocenters. The maximum Gasteiger partial charge on any atom is 0.309 e. The Morgan fingerprint density at radius 1 is 0.949 bits per heavy atom. The lowest BCUT2D eigenvalue weighted by Gasteiger charge is -2.24. The maximum atomic E-state index is 11.9. The zero-order valence-electron chi connectivity index (χ0n) is 22.9. The van der Waals surface area contributed by atoms with Gasteiger partial charge in [0.05, 0.1) is 24.9 Å². The average Bonchev–Trinajstić information content (AvgIpc) is 3.71. The van der Waals surface area contributed by atoms with E-state index in [9.17, 15) is 13.2 Å². The average molecular weight is 549 g/mol. The van der Waals surface area contributed by atoms with Crippen molar-refractivity contribution in [3.05, 3.63) is 82.4 Å². The summed E-state index contributed by atoms with van der Waals surface area (Å²) >= 11 is 0. The van der Waals surface area contributed by atoms with Crippen LogP contribution in [0, 0.1) is 12.8 Å². The fourth-order valence-electron chi connectivity index (χ4n) is 5.49. The first-order valence-corrected chi connectivity index (χ1v) is 15.7. The number of hydrogen-bond donors (Lipinski definition) is 0. The number of hydrogen-bond acceptors (Lipinski definition) is 6. The second-order valence-corrected chi connectivity index (χ2v) is 12.9. The third-order valence-electron chi connectivity index (χ3n) is 7.52. The monoisotopic (exact) mass is 548 g/mol. The highest BCUT2D eigenvalue weighted by Gasteiger charge is 2.45. The van der Waals surface area contributed by atoms with Crippen LogP contribution in [0.25, 0.3) is 11.1 Å². The number of fused-ring (bicyclic) bond motifs is 3. The molecule has 3 aromatic rings. The largest absolute Gasteiger partial charge is 0.494 e. The molecule has 206 valence electrons. The molecule has 0 amide bonds. The molecular formula is C32H36O6S. The molecule has 0 aliphatic heterocycles. The lowest BCUT2D eigenvalue weighted by atomic mass is 9.82. The van der Waals surface area contributed by atoms with Crippen LogP contribution in [0.2, 0.25) is 0 Å². The minimum atomic E-state index is -2.98. The standard InChI is InChI=1S/C32H36O6S/c1-4-36-32(33)30-19-28(30)23-10-12-26(13-11-23)38-20-22-6-7-24-8-9-25-18-27(37-14-5-15-39(3,34)35)16-21(2)31(25)29(24)17-22/h6-7,10-13,16-18,28,30H,4-5,8-9,14-15,19-20H2,1-3H3/t28-,30+/m1/s1. The van der Waals surface area contributed by atoms with E-state index in [2.05, 4.69) is 31.2 Å². The molecule has 1 saturated carbocycles. The second kappa shape index (κ2) is 11.4. The predicted molar refractivity (Wildman–Crippen MR) is 152 cm³/mol. The van der Waals surface area contributed by atoms with E-state index in [0.29, 0.717) is 26.2 Å². The number of rotatable bonds is 11. The molecular weight excluding hydrogens is 512 g/mol. The van der Waals surface area contributed by atoms with Gasteiger partial charge in [0.25, 0.3) is 0 Å². The van der Waals surface area contributed by atoms with Crippen LogP contribution in [0.4, 0.5) is 0 Å². The van der Waals surface area contributed by atoms with Gasteiger partial charge in [-0.15, -0.1) is 0 Å². The van der Waals surface area contributed by atoms with Crippen molar-refractivity contribution in [1.82, 2.24) is 0 Å². The van der Waals surface area contributed by atoms with E-state index in [1.165, 1.54) is 28.5 Å². The maximum absolute atomic E-state index is 11.9. The number of ether oxygens (including phenoxy) is 3. The first kappa shape index (κ1) is 27.3. The SMILES string of the molecule is CCOC(=O)[C@H]1C[C@@H]1c1ccc(OCc2ccc3c(c2)-c2c(C)cc(OCCCS(C)(=O)=O)cc2CC3)cc1. The summed E-state index contributed by atoms with van der Waals surface area (Å²) in [5.74, 6) is 1.88. The van der Waals surface area contributed by atoms with Crippen LogP contribution in [0.3, 0.4) is 0 Å². The highest BCUT2D eigenvalue weighted by Crippen LogP contribution is 2.48. The molecule has 0 saturated heterocycles. The molecule has 2 aliphatic rings. The number of esters is 1. The summed E-state index contributed by atoms with van der Waals surface area (Å²) in [5.41, 5.74) is 8.51.